The summed E-state index contributed by atoms with van der Waals surface area (Å²) in [6, 6.07) is 6.53. The number of nitrogens with one attached hydrogen (secondary N) is 1. The van der Waals surface area contributed by atoms with Gasteiger partial charge in [0.25, 0.3) is 0 Å². The van der Waals surface area contributed by atoms with E-state index in [2.05, 4.69) is 10.4 Å². The fourth-order valence-electron chi connectivity index (χ4n) is 3.26. The molecule has 134 valence electrons. The van der Waals surface area contributed by atoms with Crippen molar-refractivity contribution < 1.29 is 9.18 Å². The van der Waals surface area contributed by atoms with Crippen LogP contribution in [0.25, 0.3) is 0 Å². The Morgan fingerprint density at radius 2 is 2.16 bits per heavy atom. The first-order valence-corrected chi connectivity index (χ1v) is 8.76. The van der Waals surface area contributed by atoms with Gasteiger partial charge in [-0.2, -0.15) is 5.10 Å². The third-order valence-electron chi connectivity index (χ3n) is 4.93. The van der Waals surface area contributed by atoms with Crippen LogP contribution < -0.4 is 5.32 Å². The van der Waals surface area contributed by atoms with E-state index in [4.69, 9.17) is 0 Å². The van der Waals surface area contributed by atoms with Gasteiger partial charge in [-0.25, -0.2) is 9.18 Å². The lowest BCUT2D eigenvalue weighted by molar-refractivity contribution is 0.130. The fraction of sp³-hybridized carbons (Fsp3) is 0.474. The quantitative estimate of drug-likeness (QED) is 0.899. The minimum Gasteiger partial charge on any atom is -0.331 e. The zero-order chi connectivity index (χ0) is 18.0. The summed E-state index contributed by atoms with van der Waals surface area (Å²) in [5, 5.41) is 7.38. The molecular weight excluding hydrogens is 319 g/mol. The van der Waals surface area contributed by atoms with Crippen molar-refractivity contribution in [3.63, 3.8) is 0 Å². The molecule has 0 aliphatic heterocycles. The summed E-state index contributed by atoms with van der Waals surface area (Å²) in [4.78, 5) is 14.6. The smallest absolute Gasteiger partial charge is 0.318 e. The van der Waals surface area contributed by atoms with Crippen LogP contribution in [0.5, 0.6) is 0 Å². The molecule has 2 amide bonds. The summed E-state index contributed by atoms with van der Waals surface area (Å²) in [6.07, 6.45) is 4.98. The van der Waals surface area contributed by atoms with E-state index in [9.17, 15) is 9.18 Å². The molecule has 1 N–H and O–H groups in total. The molecule has 6 heteroatoms. The minimum atomic E-state index is -0.268. The highest BCUT2D eigenvalue weighted by Gasteiger charge is 2.30. The van der Waals surface area contributed by atoms with E-state index in [-0.39, 0.29) is 23.9 Å². The van der Waals surface area contributed by atoms with Crippen molar-refractivity contribution in [2.75, 3.05) is 0 Å². The summed E-state index contributed by atoms with van der Waals surface area (Å²) in [6.45, 7) is 4.17. The number of amides is 2. The maximum absolute atomic E-state index is 14.0. The third-order valence-corrected chi connectivity index (χ3v) is 4.93. The van der Waals surface area contributed by atoms with Crippen LogP contribution in [-0.2, 0) is 13.6 Å². The van der Waals surface area contributed by atoms with Crippen molar-refractivity contribution >= 4 is 6.03 Å². The predicted octanol–water partition coefficient (Wildman–Crippen LogP) is 3.69. The van der Waals surface area contributed by atoms with Crippen molar-refractivity contribution in [3.8, 4) is 0 Å². The Morgan fingerprint density at radius 1 is 1.44 bits per heavy atom. The normalized spacial score (nSPS) is 15.5. The number of aromatic nitrogens is 2. The van der Waals surface area contributed by atoms with E-state index in [1.807, 2.05) is 27.1 Å². The van der Waals surface area contributed by atoms with Gasteiger partial charge in [0, 0.05) is 30.4 Å². The van der Waals surface area contributed by atoms with Crippen LogP contribution in [0, 0.1) is 12.7 Å². The SMILES string of the molecule is Cc1nn(C)cc1[C@H](C)NC(=O)N(Cc1ccccc1F)C1CCC1. The number of aryl methyl sites for hydroxylation is 2. The highest BCUT2D eigenvalue weighted by Crippen LogP contribution is 2.27. The second kappa shape index (κ2) is 7.25. The number of hydrogen-bond donors (Lipinski definition) is 1. The Balaban J connectivity index is 1.73. The van der Waals surface area contributed by atoms with Crippen molar-refractivity contribution in [1.29, 1.82) is 0 Å². The Labute approximate surface area is 147 Å². The maximum atomic E-state index is 14.0. The van der Waals surface area contributed by atoms with Crippen molar-refractivity contribution in [3.05, 3.63) is 53.1 Å². The predicted molar refractivity (Wildman–Crippen MR) is 94.5 cm³/mol. The molecule has 1 heterocycles. The van der Waals surface area contributed by atoms with E-state index in [0.29, 0.717) is 12.1 Å². The Bertz CT molecular complexity index is 754. The standard InChI is InChI=1S/C19H25FN4O/c1-13(17-12-23(3)22-14(17)2)21-19(25)24(16-8-6-9-16)11-15-7-4-5-10-18(15)20/h4-5,7,10,12-13,16H,6,8-9,11H2,1-3H3,(H,21,25)/t13-/m0/s1. The number of urea groups is 1. The largest absolute Gasteiger partial charge is 0.331 e. The molecule has 3 rings (SSSR count). The molecule has 0 spiro atoms. The first-order valence-electron chi connectivity index (χ1n) is 8.76. The molecule has 5 nitrogen and oxygen atoms in total. The average Bonchev–Trinajstić information content (AvgIpc) is 2.85. The van der Waals surface area contributed by atoms with Crippen LogP contribution in [0.3, 0.4) is 0 Å². The summed E-state index contributed by atoms with van der Waals surface area (Å²) in [5.74, 6) is -0.268. The summed E-state index contributed by atoms with van der Waals surface area (Å²) >= 11 is 0. The average molecular weight is 344 g/mol. The number of benzene rings is 1. The van der Waals surface area contributed by atoms with Gasteiger partial charge >= 0.3 is 6.03 Å². The van der Waals surface area contributed by atoms with Gasteiger partial charge in [0.05, 0.1) is 18.3 Å². The van der Waals surface area contributed by atoms with Gasteiger partial charge in [0.1, 0.15) is 5.82 Å². The molecule has 1 atom stereocenters. The monoisotopic (exact) mass is 344 g/mol. The molecule has 0 saturated heterocycles. The highest BCUT2D eigenvalue weighted by molar-refractivity contribution is 5.75. The van der Waals surface area contributed by atoms with E-state index in [0.717, 1.165) is 30.5 Å². The Kier molecular flexibility index (Phi) is 5.06. The van der Waals surface area contributed by atoms with E-state index < -0.39 is 0 Å². The first kappa shape index (κ1) is 17.5. The Morgan fingerprint density at radius 3 is 2.72 bits per heavy atom. The van der Waals surface area contributed by atoms with Crippen LogP contribution in [0.1, 0.15) is 49.0 Å². The summed E-state index contributed by atoms with van der Waals surface area (Å²) in [7, 11) is 1.86. The van der Waals surface area contributed by atoms with Crippen LogP contribution in [0.15, 0.2) is 30.5 Å². The minimum absolute atomic E-state index is 0.149. The molecule has 0 radical (unpaired) electrons. The molecule has 1 aliphatic carbocycles. The molecule has 25 heavy (non-hydrogen) atoms. The second-order valence-corrected chi connectivity index (χ2v) is 6.82. The van der Waals surface area contributed by atoms with Crippen molar-refractivity contribution in [1.82, 2.24) is 20.0 Å². The van der Waals surface area contributed by atoms with Gasteiger partial charge in [-0.05, 0) is 39.2 Å². The van der Waals surface area contributed by atoms with E-state index >= 15 is 0 Å². The number of nitrogens with zero attached hydrogens (tertiary/aromatic N) is 3. The summed E-state index contributed by atoms with van der Waals surface area (Å²) in [5.41, 5.74) is 2.45. The third kappa shape index (κ3) is 3.83. The molecule has 1 saturated carbocycles. The lowest BCUT2D eigenvalue weighted by atomic mass is 9.91. The van der Waals surface area contributed by atoms with Crippen molar-refractivity contribution in [2.24, 2.45) is 7.05 Å². The zero-order valence-corrected chi connectivity index (χ0v) is 15.0. The highest BCUT2D eigenvalue weighted by atomic mass is 19.1. The number of rotatable bonds is 5. The molecule has 1 aliphatic rings. The van der Waals surface area contributed by atoms with Crippen LogP contribution in [0.4, 0.5) is 9.18 Å². The molecule has 1 aromatic heterocycles. The molecule has 0 bridgehead atoms. The van der Waals surface area contributed by atoms with Gasteiger partial charge in [-0.3, -0.25) is 4.68 Å². The fourth-order valence-corrected chi connectivity index (χ4v) is 3.26. The van der Waals surface area contributed by atoms with E-state index in [1.54, 1.807) is 27.8 Å². The van der Waals surface area contributed by atoms with Gasteiger partial charge in [0.15, 0.2) is 0 Å². The van der Waals surface area contributed by atoms with Gasteiger partial charge in [-0.1, -0.05) is 18.2 Å². The Hall–Kier alpha value is -2.37. The number of carbonyl (C=O) groups is 1. The zero-order valence-electron chi connectivity index (χ0n) is 15.0. The lowest BCUT2D eigenvalue weighted by Crippen LogP contribution is -2.49. The van der Waals surface area contributed by atoms with Gasteiger partial charge in [0.2, 0.25) is 0 Å². The molecule has 0 unspecified atom stereocenters. The number of carbonyl (C=O) groups excluding carboxylic acids is 1. The molecular formula is C19H25FN4O. The van der Waals surface area contributed by atoms with Gasteiger partial charge in [-0.15, -0.1) is 0 Å². The van der Waals surface area contributed by atoms with Crippen LogP contribution in [0.2, 0.25) is 0 Å². The maximum Gasteiger partial charge on any atom is 0.318 e. The van der Waals surface area contributed by atoms with Crippen LogP contribution in [-0.4, -0.2) is 26.8 Å². The molecule has 2 aromatic rings. The summed E-state index contributed by atoms with van der Waals surface area (Å²) < 4.78 is 15.8. The number of halogens is 1. The topological polar surface area (TPSA) is 50.2 Å². The number of hydrogen-bond acceptors (Lipinski definition) is 2. The second-order valence-electron chi connectivity index (χ2n) is 6.82. The molecule has 1 fully saturated rings. The molecule has 1 aromatic carbocycles. The lowest BCUT2D eigenvalue weighted by Gasteiger charge is -2.38. The van der Waals surface area contributed by atoms with Crippen molar-refractivity contribution in [2.45, 2.75) is 51.7 Å². The first-order chi connectivity index (χ1) is 12.0. The van der Waals surface area contributed by atoms with Gasteiger partial charge < -0.3 is 10.2 Å². The van der Waals surface area contributed by atoms with Crippen LogP contribution >= 0.6 is 0 Å². The van der Waals surface area contributed by atoms with E-state index in [1.165, 1.54) is 6.07 Å².